The largest absolute Gasteiger partial charge is 0.485 e. The number of para-hydroxylation sites is 1. The molecule has 1 atom stereocenters. The molecule has 0 spiro atoms. The second-order valence-electron chi connectivity index (χ2n) is 7.08. The molecular formula is C23H20ClN3O5. The zero-order valence-corrected chi connectivity index (χ0v) is 18.1. The van der Waals surface area contributed by atoms with E-state index in [1.54, 1.807) is 50.2 Å². The smallest absolute Gasteiger partial charge is 0.287 e. The zero-order valence-electron chi connectivity index (χ0n) is 17.4. The van der Waals surface area contributed by atoms with E-state index in [0.717, 1.165) is 4.57 Å². The summed E-state index contributed by atoms with van der Waals surface area (Å²) in [6.45, 7) is 3.39. The van der Waals surface area contributed by atoms with Crippen LogP contribution >= 0.6 is 11.6 Å². The first-order valence-electron chi connectivity index (χ1n) is 9.83. The number of hydrogen-bond acceptors (Lipinski definition) is 6. The number of ether oxygens (including phenoxy) is 2. The summed E-state index contributed by atoms with van der Waals surface area (Å²) < 4.78 is 17.9. The molecule has 0 radical (unpaired) electrons. The van der Waals surface area contributed by atoms with E-state index >= 15 is 0 Å². The molecule has 0 fully saturated rings. The maximum absolute atomic E-state index is 12.6. The lowest BCUT2D eigenvalue weighted by molar-refractivity contribution is -0.122. The zero-order chi connectivity index (χ0) is 22.7. The first-order chi connectivity index (χ1) is 15.4. The molecule has 9 heteroatoms. The predicted molar refractivity (Wildman–Crippen MR) is 119 cm³/mol. The highest BCUT2D eigenvalue weighted by Crippen LogP contribution is 2.29. The second kappa shape index (κ2) is 9.15. The average Bonchev–Trinajstić information content (AvgIpc) is 3.14. The predicted octanol–water partition coefficient (Wildman–Crippen LogP) is 4.23. The number of amides is 1. The highest BCUT2D eigenvalue weighted by molar-refractivity contribution is 6.31. The molecule has 8 nitrogen and oxygen atoms in total. The number of nitrogens with zero attached hydrogens (tertiary/aromatic N) is 2. The van der Waals surface area contributed by atoms with Crippen molar-refractivity contribution in [3.05, 3.63) is 87.5 Å². The molecular weight excluding hydrogens is 434 g/mol. The van der Waals surface area contributed by atoms with Crippen LogP contribution in [-0.4, -0.2) is 21.6 Å². The van der Waals surface area contributed by atoms with Crippen LogP contribution in [0.3, 0.4) is 0 Å². The van der Waals surface area contributed by atoms with Crippen molar-refractivity contribution < 1.29 is 18.8 Å². The van der Waals surface area contributed by atoms with Gasteiger partial charge in [-0.05, 0) is 44.2 Å². The molecule has 1 N–H and O–H groups in total. The van der Waals surface area contributed by atoms with Gasteiger partial charge in [0.2, 0.25) is 0 Å². The van der Waals surface area contributed by atoms with Crippen LogP contribution in [0.4, 0.5) is 5.69 Å². The van der Waals surface area contributed by atoms with Crippen LogP contribution in [0.2, 0.25) is 5.02 Å². The van der Waals surface area contributed by atoms with E-state index in [-0.39, 0.29) is 18.1 Å². The fraction of sp³-hybridized carbons (Fsp3) is 0.174. The average molecular weight is 454 g/mol. The standard InChI is InChI=1S/C23H20ClN3O5/c1-14-10-21-25-17(12-22(28)27(21)32-14)13-30-20-9-8-16(24)11-19(20)26-23(29)15(2)31-18-6-4-3-5-7-18/h3-12,15H,13H2,1-2H3,(H,26,29)/t15-/m1/s1. The van der Waals surface area contributed by atoms with Crippen molar-refractivity contribution in [2.75, 3.05) is 5.32 Å². The summed E-state index contributed by atoms with van der Waals surface area (Å²) in [7, 11) is 0. The van der Waals surface area contributed by atoms with E-state index in [0.29, 0.717) is 39.3 Å². The summed E-state index contributed by atoms with van der Waals surface area (Å²) in [5.74, 6) is 1.16. The normalized spacial score (nSPS) is 11.8. The van der Waals surface area contributed by atoms with Gasteiger partial charge in [0, 0.05) is 17.2 Å². The van der Waals surface area contributed by atoms with Crippen LogP contribution < -0.4 is 20.3 Å². The fourth-order valence-electron chi connectivity index (χ4n) is 3.02. The monoisotopic (exact) mass is 453 g/mol. The summed E-state index contributed by atoms with van der Waals surface area (Å²) in [6, 6.07) is 16.9. The number of aryl methyl sites for hydroxylation is 1. The number of carbonyl (C=O) groups is 1. The molecule has 164 valence electrons. The summed E-state index contributed by atoms with van der Waals surface area (Å²) in [4.78, 5) is 29.2. The third kappa shape index (κ3) is 4.92. The molecule has 0 aliphatic rings. The molecule has 4 aromatic rings. The first kappa shape index (κ1) is 21.5. The highest BCUT2D eigenvalue weighted by Gasteiger charge is 2.17. The van der Waals surface area contributed by atoms with Crippen molar-refractivity contribution in [1.29, 1.82) is 0 Å². The van der Waals surface area contributed by atoms with Gasteiger partial charge in [0.15, 0.2) is 11.8 Å². The molecule has 4 rings (SSSR count). The maximum Gasteiger partial charge on any atom is 0.287 e. The van der Waals surface area contributed by atoms with E-state index < -0.39 is 6.10 Å². The van der Waals surface area contributed by atoms with Crippen LogP contribution in [0.1, 0.15) is 18.4 Å². The van der Waals surface area contributed by atoms with Gasteiger partial charge < -0.3 is 19.3 Å². The van der Waals surface area contributed by atoms with Gasteiger partial charge in [-0.25, -0.2) is 4.98 Å². The summed E-state index contributed by atoms with van der Waals surface area (Å²) in [5, 5.41) is 3.20. The van der Waals surface area contributed by atoms with Gasteiger partial charge in [-0.3, -0.25) is 9.59 Å². The summed E-state index contributed by atoms with van der Waals surface area (Å²) >= 11 is 6.11. The summed E-state index contributed by atoms with van der Waals surface area (Å²) in [6.07, 6.45) is -0.752. The van der Waals surface area contributed by atoms with Crippen LogP contribution in [0.25, 0.3) is 5.65 Å². The molecule has 0 aliphatic carbocycles. The van der Waals surface area contributed by atoms with Crippen molar-refractivity contribution in [2.24, 2.45) is 0 Å². The number of rotatable bonds is 7. The lowest BCUT2D eigenvalue weighted by atomic mass is 10.2. The van der Waals surface area contributed by atoms with Crippen molar-refractivity contribution in [3.8, 4) is 11.5 Å². The van der Waals surface area contributed by atoms with Crippen molar-refractivity contribution in [3.63, 3.8) is 0 Å². The van der Waals surface area contributed by atoms with Gasteiger partial charge in [0.25, 0.3) is 11.5 Å². The molecule has 2 aromatic heterocycles. The quantitative estimate of drug-likeness (QED) is 0.450. The number of hydrogen-bond donors (Lipinski definition) is 1. The third-order valence-electron chi connectivity index (χ3n) is 4.52. The molecule has 0 saturated heterocycles. The number of fused-ring (bicyclic) bond motifs is 1. The van der Waals surface area contributed by atoms with E-state index in [2.05, 4.69) is 10.3 Å². The highest BCUT2D eigenvalue weighted by atomic mass is 35.5. The molecule has 1 amide bonds. The van der Waals surface area contributed by atoms with Crippen LogP contribution in [0.5, 0.6) is 11.5 Å². The Morgan fingerprint density at radius 1 is 1.19 bits per heavy atom. The first-order valence-corrected chi connectivity index (χ1v) is 10.2. The number of anilines is 1. The van der Waals surface area contributed by atoms with E-state index in [1.165, 1.54) is 6.07 Å². The Labute approximate surface area is 188 Å². The lowest BCUT2D eigenvalue weighted by Crippen LogP contribution is -2.30. The molecule has 0 unspecified atom stereocenters. The Bertz CT molecular complexity index is 1320. The van der Waals surface area contributed by atoms with Crippen molar-refractivity contribution >= 4 is 28.8 Å². The van der Waals surface area contributed by atoms with Crippen molar-refractivity contribution in [1.82, 2.24) is 9.56 Å². The van der Waals surface area contributed by atoms with E-state index in [9.17, 15) is 9.59 Å². The fourth-order valence-corrected chi connectivity index (χ4v) is 3.19. The molecule has 0 bridgehead atoms. The topological polar surface area (TPSA) is 95.1 Å². The van der Waals surface area contributed by atoms with Gasteiger partial charge in [0.05, 0.1) is 11.4 Å². The van der Waals surface area contributed by atoms with E-state index in [4.69, 9.17) is 25.6 Å². The lowest BCUT2D eigenvalue weighted by Gasteiger charge is -2.17. The molecule has 2 heterocycles. The minimum atomic E-state index is -0.752. The molecule has 0 aliphatic heterocycles. The van der Waals surface area contributed by atoms with E-state index in [1.807, 2.05) is 18.2 Å². The van der Waals surface area contributed by atoms with Crippen LogP contribution in [-0.2, 0) is 11.4 Å². The van der Waals surface area contributed by atoms with Gasteiger partial charge in [0.1, 0.15) is 23.9 Å². The van der Waals surface area contributed by atoms with Crippen LogP contribution in [0, 0.1) is 6.92 Å². The maximum atomic E-state index is 12.6. The Morgan fingerprint density at radius 2 is 1.97 bits per heavy atom. The SMILES string of the molecule is Cc1cc2nc(COc3ccc(Cl)cc3NC(=O)[C@@H](C)Oc3ccccc3)cc(=O)n2o1. The molecule has 2 aromatic carbocycles. The minimum absolute atomic E-state index is 0.0105. The number of benzene rings is 2. The molecule has 32 heavy (non-hydrogen) atoms. The van der Waals surface area contributed by atoms with Crippen molar-refractivity contribution in [2.45, 2.75) is 26.6 Å². The molecule has 0 saturated carbocycles. The van der Waals surface area contributed by atoms with Gasteiger partial charge >= 0.3 is 0 Å². The number of aromatic nitrogens is 2. The van der Waals surface area contributed by atoms with Gasteiger partial charge in [-0.1, -0.05) is 29.8 Å². The third-order valence-corrected chi connectivity index (χ3v) is 4.76. The number of halogens is 1. The Kier molecular flexibility index (Phi) is 6.13. The minimum Gasteiger partial charge on any atom is -0.485 e. The number of nitrogens with one attached hydrogen (secondary N) is 1. The van der Waals surface area contributed by atoms with Gasteiger partial charge in [-0.2, -0.15) is 0 Å². The van der Waals surface area contributed by atoms with Gasteiger partial charge in [-0.15, -0.1) is 4.57 Å². The Balaban J connectivity index is 1.48. The Morgan fingerprint density at radius 3 is 2.75 bits per heavy atom. The summed E-state index contributed by atoms with van der Waals surface area (Å²) in [5.41, 5.74) is 0.843. The van der Waals surface area contributed by atoms with Crippen LogP contribution in [0.15, 0.2) is 70.0 Å². The Hall–Kier alpha value is -3.78. The second-order valence-corrected chi connectivity index (χ2v) is 7.51. The number of carbonyl (C=O) groups excluding carboxylic acids is 1.